The monoisotopic (exact) mass is 357 g/mol. The highest BCUT2D eigenvalue weighted by Gasteiger charge is 2.30. The maximum absolute atomic E-state index is 11.9. The Morgan fingerprint density at radius 2 is 2.20 bits per heavy atom. The minimum absolute atomic E-state index is 0.287. The van der Waals surface area contributed by atoms with Crippen LogP contribution in [0.3, 0.4) is 0 Å². The lowest BCUT2D eigenvalue weighted by Crippen LogP contribution is -2.36. The number of nitrogens with zero attached hydrogens (tertiary/aromatic N) is 2. The molecule has 2 rings (SSSR count). The number of amides is 1. The Balaban J connectivity index is 2.14. The second-order valence-electron chi connectivity index (χ2n) is 4.60. The summed E-state index contributed by atoms with van der Waals surface area (Å²) in [5.74, 6) is -0.975. The Morgan fingerprint density at radius 3 is 2.75 bits per heavy atom. The van der Waals surface area contributed by atoms with Gasteiger partial charge in [-0.3, -0.25) is 9.48 Å². The summed E-state index contributed by atoms with van der Waals surface area (Å²) < 4.78 is 2.16. The van der Waals surface area contributed by atoms with Gasteiger partial charge in [-0.15, -0.1) is 11.3 Å². The fourth-order valence-corrected chi connectivity index (χ4v) is 2.55. The van der Waals surface area contributed by atoms with Crippen molar-refractivity contribution in [1.82, 2.24) is 9.78 Å². The van der Waals surface area contributed by atoms with Gasteiger partial charge >= 0.3 is 5.97 Å². The molecule has 2 N–H and O–H groups in total. The summed E-state index contributed by atoms with van der Waals surface area (Å²) in [5, 5.41) is 17.5. The average molecular weight is 358 g/mol. The SMILES string of the molecule is CC(C)(C(=O)O)n1ccc(NC(=O)c2csc(Br)c2)n1. The quantitative estimate of drug-likeness (QED) is 0.880. The molecule has 1 amide bonds. The van der Waals surface area contributed by atoms with E-state index in [1.165, 1.54) is 36.1 Å². The average Bonchev–Trinajstić information content (AvgIpc) is 2.98. The number of aromatic nitrogens is 2. The van der Waals surface area contributed by atoms with E-state index >= 15 is 0 Å². The van der Waals surface area contributed by atoms with E-state index in [1.807, 2.05) is 0 Å². The number of thiophene rings is 1. The summed E-state index contributed by atoms with van der Waals surface area (Å²) in [4.78, 5) is 23.1. The van der Waals surface area contributed by atoms with E-state index in [0.29, 0.717) is 11.4 Å². The van der Waals surface area contributed by atoms with Gasteiger partial charge in [-0.05, 0) is 35.8 Å². The lowest BCUT2D eigenvalue weighted by Gasteiger charge is -2.19. The predicted octanol–water partition coefficient (Wildman–Crippen LogP) is 2.78. The van der Waals surface area contributed by atoms with Crippen molar-refractivity contribution >= 4 is 45.0 Å². The molecule has 0 saturated carbocycles. The second kappa shape index (κ2) is 5.37. The van der Waals surface area contributed by atoms with Gasteiger partial charge in [0.25, 0.3) is 5.91 Å². The molecule has 2 aromatic heterocycles. The van der Waals surface area contributed by atoms with Crippen LogP contribution in [0, 0.1) is 0 Å². The molecule has 0 radical (unpaired) electrons. The van der Waals surface area contributed by atoms with Crippen molar-refractivity contribution < 1.29 is 14.7 Å². The van der Waals surface area contributed by atoms with Crippen LogP contribution in [-0.2, 0) is 10.3 Å². The van der Waals surface area contributed by atoms with Crippen molar-refractivity contribution in [3.63, 3.8) is 0 Å². The van der Waals surface area contributed by atoms with Gasteiger partial charge in [0.2, 0.25) is 0 Å². The van der Waals surface area contributed by atoms with Gasteiger partial charge in [0, 0.05) is 17.6 Å². The second-order valence-corrected chi connectivity index (χ2v) is 6.89. The maximum Gasteiger partial charge on any atom is 0.331 e. The normalized spacial score (nSPS) is 11.3. The molecule has 0 unspecified atom stereocenters. The van der Waals surface area contributed by atoms with E-state index < -0.39 is 11.5 Å². The number of carbonyl (C=O) groups is 2. The zero-order valence-corrected chi connectivity index (χ0v) is 13.2. The van der Waals surface area contributed by atoms with Crippen LogP contribution in [0.4, 0.5) is 5.82 Å². The summed E-state index contributed by atoms with van der Waals surface area (Å²) in [6.45, 7) is 3.06. The summed E-state index contributed by atoms with van der Waals surface area (Å²) in [6, 6.07) is 3.27. The Bertz CT molecular complexity index is 662. The van der Waals surface area contributed by atoms with Crippen LogP contribution in [0.25, 0.3) is 0 Å². The Labute approximate surface area is 127 Å². The van der Waals surface area contributed by atoms with Crippen LogP contribution in [0.15, 0.2) is 27.5 Å². The van der Waals surface area contributed by atoms with E-state index in [0.717, 1.165) is 3.79 Å². The van der Waals surface area contributed by atoms with Gasteiger partial charge in [-0.2, -0.15) is 5.10 Å². The Morgan fingerprint density at radius 1 is 1.50 bits per heavy atom. The molecule has 0 atom stereocenters. The van der Waals surface area contributed by atoms with Crippen molar-refractivity contribution in [2.45, 2.75) is 19.4 Å². The zero-order chi connectivity index (χ0) is 14.9. The molecule has 2 heterocycles. The number of nitrogens with one attached hydrogen (secondary N) is 1. The number of rotatable bonds is 4. The number of carboxylic acid groups (broad SMARTS) is 1. The first-order valence-corrected chi connectivity index (χ1v) is 7.33. The third-order valence-electron chi connectivity index (χ3n) is 2.76. The van der Waals surface area contributed by atoms with Crippen LogP contribution in [-0.4, -0.2) is 26.8 Å². The molecule has 2 aromatic rings. The molecule has 6 nitrogen and oxygen atoms in total. The molecular formula is C12H12BrN3O3S. The van der Waals surface area contributed by atoms with Gasteiger partial charge in [-0.25, -0.2) is 4.79 Å². The predicted molar refractivity (Wildman–Crippen MR) is 79.2 cm³/mol. The third kappa shape index (κ3) is 2.91. The van der Waals surface area contributed by atoms with Crippen molar-refractivity contribution in [3.05, 3.63) is 33.1 Å². The molecule has 0 aliphatic rings. The van der Waals surface area contributed by atoms with Crippen LogP contribution in [0.5, 0.6) is 0 Å². The standard InChI is InChI=1S/C12H12BrN3O3S/c1-12(2,11(18)19)16-4-3-9(15-16)14-10(17)7-5-8(13)20-6-7/h3-6H,1-2H3,(H,18,19)(H,14,15,17). The lowest BCUT2D eigenvalue weighted by molar-refractivity contribution is -0.146. The number of carboxylic acids is 1. The minimum atomic E-state index is -1.17. The highest BCUT2D eigenvalue weighted by molar-refractivity contribution is 9.11. The number of aliphatic carboxylic acids is 1. The number of halogens is 1. The van der Waals surface area contributed by atoms with Gasteiger partial charge in [0.1, 0.15) is 0 Å². The summed E-state index contributed by atoms with van der Waals surface area (Å²) in [6.07, 6.45) is 1.52. The van der Waals surface area contributed by atoms with E-state index in [9.17, 15) is 9.59 Å². The summed E-state index contributed by atoms with van der Waals surface area (Å²) in [7, 11) is 0. The number of carbonyl (C=O) groups excluding carboxylic acids is 1. The van der Waals surface area contributed by atoms with Crippen molar-refractivity contribution in [2.24, 2.45) is 0 Å². The molecule has 106 valence electrons. The fourth-order valence-electron chi connectivity index (χ4n) is 1.42. The third-order valence-corrected chi connectivity index (χ3v) is 4.26. The number of hydrogen-bond acceptors (Lipinski definition) is 4. The van der Waals surface area contributed by atoms with Crippen LogP contribution in [0.2, 0.25) is 0 Å². The molecule has 0 aliphatic heterocycles. The number of hydrogen-bond donors (Lipinski definition) is 2. The summed E-state index contributed by atoms with van der Waals surface area (Å²) in [5.41, 5.74) is -0.650. The fraction of sp³-hybridized carbons (Fsp3) is 0.250. The van der Waals surface area contributed by atoms with Crippen molar-refractivity contribution in [3.8, 4) is 0 Å². The molecule has 20 heavy (non-hydrogen) atoms. The molecule has 0 bridgehead atoms. The molecule has 0 fully saturated rings. The molecule has 8 heteroatoms. The Hall–Kier alpha value is -1.67. The highest BCUT2D eigenvalue weighted by Crippen LogP contribution is 2.22. The first kappa shape index (κ1) is 14.7. The van der Waals surface area contributed by atoms with Gasteiger partial charge in [0.15, 0.2) is 11.4 Å². The number of anilines is 1. The largest absolute Gasteiger partial charge is 0.479 e. The van der Waals surface area contributed by atoms with Crippen LogP contribution in [0.1, 0.15) is 24.2 Å². The molecule has 0 spiro atoms. The molecule has 0 aliphatic carbocycles. The van der Waals surface area contributed by atoms with Crippen LogP contribution < -0.4 is 5.32 Å². The Kier molecular flexibility index (Phi) is 3.96. The van der Waals surface area contributed by atoms with E-state index in [1.54, 1.807) is 17.5 Å². The molecule has 0 aromatic carbocycles. The molecule has 0 saturated heterocycles. The zero-order valence-electron chi connectivity index (χ0n) is 10.8. The maximum atomic E-state index is 11.9. The van der Waals surface area contributed by atoms with Gasteiger partial charge in [0.05, 0.1) is 9.35 Å². The first-order valence-electron chi connectivity index (χ1n) is 5.65. The molecular weight excluding hydrogens is 346 g/mol. The highest BCUT2D eigenvalue weighted by atomic mass is 79.9. The van der Waals surface area contributed by atoms with E-state index in [2.05, 4.69) is 26.3 Å². The van der Waals surface area contributed by atoms with E-state index in [4.69, 9.17) is 5.11 Å². The smallest absolute Gasteiger partial charge is 0.331 e. The first-order chi connectivity index (χ1) is 9.30. The van der Waals surface area contributed by atoms with Crippen LogP contribution >= 0.6 is 27.3 Å². The topological polar surface area (TPSA) is 84.2 Å². The summed E-state index contributed by atoms with van der Waals surface area (Å²) >= 11 is 4.69. The van der Waals surface area contributed by atoms with Gasteiger partial charge in [-0.1, -0.05) is 0 Å². The van der Waals surface area contributed by atoms with Crippen molar-refractivity contribution in [1.29, 1.82) is 0 Å². The van der Waals surface area contributed by atoms with Crippen molar-refractivity contribution in [2.75, 3.05) is 5.32 Å². The minimum Gasteiger partial charge on any atom is -0.479 e. The lowest BCUT2D eigenvalue weighted by atomic mass is 10.1. The van der Waals surface area contributed by atoms with Gasteiger partial charge < -0.3 is 10.4 Å². The van der Waals surface area contributed by atoms with E-state index in [-0.39, 0.29) is 5.91 Å².